The summed E-state index contributed by atoms with van der Waals surface area (Å²) in [7, 11) is 0. The lowest BCUT2D eigenvalue weighted by Crippen LogP contribution is -2.45. The first-order valence-electron chi connectivity index (χ1n) is 7.32. The zero-order chi connectivity index (χ0) is 14.7. The predicted molar refractivity (Wildman–Crippen MR) is 77.9 cm³/mol. The van der Waals surface area contributed by atoms with Gasteiger partial charge in [-0.3, -0.25) is 9.59 Å². The van der Waals surface area contributed by atoms with Gasteiger partial charge in [0, 0.05) is 25.6 Å². The molecule has 0 radical (unpaired) electrons. The molecule has 0 aromatic carbocycles. The van der Waals surface area contributed by atoms with E-state index in [1.165, 1.54) is 0 Å². The number of carbonyl (C=O) groups excluding carboxylic acids is 2. The first kappa shape index (κ1) is 17.9. The molecule has 0 aliphatic heterocycles. The molecule has 0 aliphatic carbocycles. The molecule has 2 N–H and O–H groups in total. The maximum Gasteiger partial charge on any atom is 0.239 e. The maximum atomic E-state index is 12.3. The van der Waals surface area contributed by atoms with E-state index in [1.807, 2.05) is 27.7 Å². The maximum absolute atomic E-state index is 12.3. The van der Waals surface area contributed by atoms with Gasteiger partial charge in [0.15, 0.2) is 0 Å². The van der Waals surface area contributed by atoms with Crippen LogP contribution in [0.3, 0.4) is 0 Å². The van der Waals surface area contributed by atoms with Crippen molar-refractivity contribution in [2.45, 2.75) is 40.5 Å². The molecule has 5 nitrogen and oxygen atoms in total. The van der Waals surface area contributed by atoms with E-state index in [4.69, 9.17) is 0 Å². The zero-order valence-electron chi connectivity index (χ0n) is 12.8. The van der Waals surface area contributed by atoms with E-state index in [1.54, 1.807) is 4.90 Å². The number of hydrogen-bond donors (Lipinski definition) is 2. The highest BCUT2D eigenvalue weighted by atomic mass is 16.2. The average molecular weight is 271 g/mol. The number of amides is 2. The van der Waals surface area contributed by atoms with Gasteiger partial charge < -0.3 is 15.5 Å². The Morgan fingerprint density at radius 2 is 1.84 bits per heavy atom. The first-order valence-corrected chi connectivity index (χ1v) is 7.32. The van der Waals surface area contributed by atoms with Crippen molar-refractivity contribution in [3.8, 4) is 0 Å². The van der Waals surface area contributed by atoms with Crippen molar-refractivity contribution in [1.29, 1.82) is 0 Å². The van der Waals surface area contributed by atoms with Crippen LogP contribution in [0.1, 0.15) is 40.5 Å². The minimum Gasteiger partial charge on any atom is -0.355 e. The molecular formula is C14H29N3O2. The van der Waals surface area contributed by atoms with Crippen LogP contribution in [0.15, 0.2) is 0 Å². The summed E-state index contributed by atoms with van der Waals surface area (Å²) in [5.41, 5.74) is 0. The molecule has 0 aromatic heterocycles. The standard InChI is InChI=1S/C14H29N3O2/c1-5-8-16-13(18)11-17(9-6-2)14(19)12(4)10-15-7-3/h12,15H,5-11H2,1-4H3,(H,16,18). The lowest BCUT2D eigenvalue weighted by atomic mass is 10.1. The van der Waals surface area contributed by atoms with Crippen molar-refractivity contribution < 1.29 is 9.59 Å². The SMILES string of the molecule is CCCNC(=O)CN(CCC)C(=O)C(C)CNCC. The van der Waals surface area contributed by atoms with Crippen LogP contribution < -0.4 is 10.6 Å². The summed E-state index contributed by atoms with van der Waals surface area (Å²) in [6.45, 7) is 10.9. The number of hydrogen-bond acceptors (Lipinski definition) is 3. The monoisotopic (exact) mass is 271 g/mol. The highest BCUT2D eigenvalue weighted by molar-refractivity contribution is 5.85. The first-order chi connectivity index (χ1) is 9.06. The Labute approximate surface area is 117 Å². The quantitative estimate of drug-likeness (QED) is 0.623. The Morgan fingerprint density at radius 3 is 2.37 bits per heavy atom. The molecule has 0 rings (SSSR count). The molecular weight excluding hydrogens is 242 g/mol. The van der Waals surface area contributed by atoms with Gasteiger partial charge in [0.2, 0.25) is 11.8 Å². The lowest BCUT2D eigenvalue weighted by molar-refractivity contribution is -0.139. The van der Waals surface area contributed by atoms with Crippen molar-refractivity contribution in [2.24, 2.45) is 5.92 Å². The van der Waals surface area contributed by atoms with Crippen molar-refractivity contribution >= 4 is 11.8 Å². The molecule has 1 atom stereocenters. The Balaban J connectivity index is 4.36. The number of carbonyl (C=O) groups is 2. The van der Waals surface area contributed by atoms with Crippen molar-refractivity contribution in [3.05, 3.63) is 0 Å². The molecule has 0 saturated carbocycles. The van der Waals surface area contributed by atoms with Crippen LogP contribution in [0, 0.1) is 5.92 Å². The second-order valence-electron chi connectivity index (χ2n) is 4.82. The van der Waals surface area contributed by atoms with Gasteiger partial charge >= 0.3 is 0 Å². The van der Waals surface area contributed by atoms with Gasteiger partial charge in [-0.25, -0.2) is 0 Å². The van der Waals surface area contributed by atoms with Crippen LogP contribution in [-0.4, -0.2) is 49.4 Å². The third-order valence-corrected chi connectivity index (χ3v) is 2.83. The van der Waals surface area contributed by atoms with Gasteiger partial charge in [-0.15, -0.1) is 0 Å². The number of rotatable bonds is 10. The molecule has 0 fully saturated rings. The average Bonchev–Trinajstić information content (AvgIpc) is 2.41. The second-order valence-corrected chi connectivity index (χ2v) is 4.82. The van der Waals surface area contributed by atoms with Gasteiger partial charge in [-0.05, 0) is 19.4 Å². The third kappa shape index (κ3) is 7.82. The summed E-state index contributed by atoms with van der Waals surface area (Å²) >= 11 is 0. The molecule has 0 saturated heterocycles. The summed E-state index contributed by atoms with van der Waals surface area (Å²) in [5.74, 6) is -0.112. The summed E-state index contributed by atoms with van der Waals surface area (Å²) in [5, 5.41) is 5.98. The van der Waals surface area contributed by atoms with Crippen molar-refractivity contribution in [2.75, 3.05) is 32.7 Å². The smallest absolute Gasteiger partial charge is 0.239 e. The zero-order valence-corrected chi connectivity index (χ0v) is 12.8. The van der Waals surface area contributed by atoms with Gasteiger partial charge in [-0.1, -0.05) is 27.7 Å². The highest BCUT2D eigenvalue weighted by Gasteiger charge is 2.21. The van der Waals surface area contributed by atoms with Crippen LogP contribution in [-0.2, 0) is 9.59 Å². The fourth-order valence-corrected chi connectivity index (χ4v) is 1.79. The molecule has 0 bridgehead atoms. The van der Waals surface area contributed by atoms with Gasteiger partial charge in [0.1, 0.15) is 0 Å². The Kier molecular flexibility index (Phi) is 10.2. The van der Waals surface area contributed by atoms with E-state index in [9.17, 15) is 9.59 Å². The largest absolute Gasteiger partial charge is 0.355 e. The fourth-order valence-electron chi connectivity index (χ4n) is 1.79. The van der Waals surface area contributed by atoms with E-state index in [0.29, 0.717) is 19.6 Å². The van der Waals surface area contributed by atoms with Crippen molar-refractivity contribution in [3.63, 3.8) is 0 Å². The minimum absolute atomic E-state index is 0.0504. The van der Waals surface area contributed by atoms with Crippen LogP contribution in [0.25, 0.3) is 0 Å². The topological polar surface area (TPSA) is 61.4 Å². The normalized spacial score (nSPS) is 12.0. The fraction of sp³-hybridized carbons (Fsp3) is 0.857. The van der Waals surface area contributed by atoms with Crippen LogP contribution in [0.5, 0.6) is 0 Å². The van der Waals surface area contributed by atoms with Crippen LogP contribution >= 0.6 is 0 Å². The molecule has 0 aliphatic rings. The van der Waals surface area contributed by atoms with Gasteiger partial charge in [0.25, 0.3) is 0 Å². The van der Waals surface area contributed by atoms with Crippen LogP contribution in [0.2, 0.25) is 0 Å². The summed E-state index contributed by atoms with van der Waals surface area (Å²) < 4.78 is 0. The molecule has 0 spiro atoms. The molecule has 112 valence electrons. The van der Waals surface area contributed by atoms with Gasteiger partial charge in [0.05, 0.1) is 6.54 Å². The van der Waals surface area contributed by atoms with Crippen molar-refractivity contribution in [1.82, 2.24) is 15.5 Å². The Morgan fingerprint density at radius 1 is 1.16 bits per heavy atom. The van der Waals surface area contributed by atoms with E-state index in [2.05, 4.69) is 10.6 Å². The van der Waals surface area contributed by atoms with Gasteiger partial charge in [-0.2, -0.15) is 0 Å². The molecule has 5 heteroatoms. The molecule has 1 unspecified atom stereocenters. The Bertz CT molecular complexity index is 269. The Hall–Kier alpha value is -1.10. The van der Waals surface area contributed by atoms with E-state index < -0.39 is 0 Å². The van der Waals surface area contributed by atoms with E-state index in [-0.39, 0.29) is 24.3 Å². The lowest BCUT2D eigenvalue weighted by Gasteiger charge is -2.25. The second kappa shape index (κ2) is 10.8. The molecule has 0 aromatic rings. The molecule has 2 amide bonds. The highest BCUT2D eigenvalue weighted by Crippen LogP contribution is 2.03. The minimum atomic E-state index is -0.0922. The number of nitrogens with zero attached hydrogens (tertiary/aromatic N) is 1. The third-order valence-electron chi connectivity index (χ3n) is 2.83. The van der Waals surface area contributed by atoms with E-state index >= 15 is 0 Å². The van der Waals surface area contributed by atoms with Crippen LogP contribution in [0.4, 0.5) is 0 Å². The predicted octanol–water partition coefficient (Wildman–Crippen LogP) is 0.997. The number of nitrogens with one attached hydrogen (secondary N) is 2. The van der Waals surface area contributed by atoms with E-state index in [0.717, 1.165) is 19.4 Å². The summed E-state index contributed by atoms with van der Waals surface area (Å²) in [4.78, 5) is 25.6. The molecule has 0 heterocycles. The summed E-state index contributed by atoms with van der Waals surface area (Å²) in [6, 6.07) is 0. The summed E-state index contributed by atoms with van der Waals surface area (Å²) in [6.07, 6.45) is 1.77. The molecule has 19 heavy (non-hydrogen) atoms.